The Kier molecular flexibility index (Phi) is 2.26. The maximum absolute atomic E-state index is 10.6. The van der Waals surface area contributed by atoms with Crippen LogP contribution in [-0.2, 0) is 4.79 Å². The van der Waals surface area contributed by atoms with E-state index in [0.29, 0.717) is 5.57 Å². The average Bonchev–Trinajstić information content (AvgIpc) is 2.04. The number of hydrogen-bond acceptors (Lipinski definition) is 1. The van der Waals surface area contributed by atoms with Crippen LogP contribution >= 0.6 is 0 Å². The van der Waals surface area contributed by atoms with Crippen molar-refractivity contribution in [2.24, 2.45) is 0 Å². The fourth-order valence-corrected chi connectivity index (χ4v) is 1.06. The van der Waals surface area contributed by atoms with Gasteiger partial charge < -0.3 is 5.11 Å². The van der Waals surface area contributed by atoms with E-state index in [1.807, 2.05) is 19.1 Å². The highest BCUT2D eigenvalue weighted by Crippen LogP contribution is 2.18. The van der Waals surface area contributed by atoms with Crippen molar-refractivity contribution in [3.8, 4) is 0 Å². The van der Waals surface area contributed by atoms with Gasteiger partial charge in [0.15, 0.2) is 0 Å². The molecule has 2 nitrogen and oxygen atoms in total. The van der Waals surface area contributed by atoms with Crippen LogP contribution in [0.15, 0.2) is 35.5 Å². The molecule has 0 spiro atoms. The maximum atomic E-state index is 10.6. The summed E-state index contributed by atoms with van der Waals surface area (Å²) in [5.74, 6) is -0.845. The SMILES string of the molecule is CC=C1CC=CC=C1C(=O)O. The molecule has 0 saturated carbocycles. The highest BCUT2D eigenvalue weighted by Gasteiger charge is 2.12. The Morgan fingerprint density at radius 2 is 2.45 bits per heavy atom. The molecule has 0 radical (unpaired) electrons. The van der Waals surface area contributed by atoms with E-state index in [2.05, 4.69) is 0 Å². The predicted octanol–water partition coefficient (Wildman–Crippen LogP) is 1.90. The van der Waals surface area contributed by atoms with Gasteiger partial charge in [0.2, 0.25) is 0 Å². The third-order valence-corrected chi connectivity index (χ3v) is 1.66. The molecule has 1 aliphatic rings. The van der Waals surface area contributed by atoms with Crippen LogP contribution in [0.25, 0.3) is 0 Å². The van der Waals surface area contributed by atoms with Crippen LogP contribution in [0.5, 0.6) is 0 Å². The van der Waals surface area contributed by atoms with Crippen LogP contribution in [0, 0.1) is 0 Å². The van der Waals surface area contributed by atoms with Crippen molar-refractivity contribution >= 4 is 5.97 Å². The molecule has 0 heterocycles. The van der Waals surface area contributed by atoms with Gasteiger partial charge in [-0.15, -0.1) is 0 Å². The van der Waals surface area contributed by atoms with Crippen molar-refractivity contribution in [2.75, 3.05) is 0 Å². The second-order valence-electron chi connectivity index (χ2n) is 2.33. The summed E-state index contributed by atoms with van der Waals surface area (Å²) < 4.78 is 0. The fraction of sp³-hybridized carbons (Fsp3) is 0.222. The van der Waals surface area contributed by atoms with E-state index in [0.717, 1.165) is 12.0 Å². The summed E-state index contributed by atoms with van der Waals surface area (Å²) in [6, 6.07) is 0. The molecule has 0 fully saturated rings. The monoisotopic (exact) mass is 150 g/mol. The molecule has 0 atom stereocenters. The molecule has 0 aromatic heterocycles. The highest BCUT2D eigenvalue weighted by atomic mass is 16.4. The molecule has 0 bridgehead atoms. The molecule has 0 aromatic rings. The van der Waals surface area contributed by atoms with E-state index in [-0.39, 0.29) is 0 Å². The Morgan fingerprint density at radius 1 is 1.73 bits per heavy atom. The highest BCUT2D eigenvalue weighted by molar-refractivity contribution is 5.92. The van der Waals surface area contributed by atoms with Crippen molar-refractivity contribution in [3.63, 3.8) is 0 Å². The summed E-state index contributed by atoms with van der Waals surface area (Å²) >= 11 is 0. The largest absolute Gasteiger partial charge is 0.478 e. The van der Waals surface area contributed by atoms with Gasteiger partial charge in [0, 0.05) is 0 Å². The van der Waals surface area contributed by atoms with Gasteiger partial charge in [-0.2, -0.15) is 0 Å². The topological polar surface area (TPSA) is 37.3 Å². The number of carboxylic acid groups (broad SMARTS) is 1. The number of hydrogen-bond donors (Lipinski definition) is 1. The Bertz CT molecular complexity index is 257. The molecule has 1 aliphatic carbocycles. The Balaban J connectivity index is 2.97. The zero-order valence-corrected chi connectivity index (χ0v) is 6.37. The Hall–Kier alpha value is -1.31. The second kappa shape index (κ2) is 3.19. The molecule has 58 valence electrons. The summed E-state index contributed by atoms with van der Waals surface area (Å²) in [6.45, 7) is 1.85. The normalized spacial score (nSPS) is 20.1. The zero-order valence-electron chi connectivity index (χ0n) is 6.37. The molecule has 11 heavy (non-hydrogen) atoms. The van der Waals surface area contributed by atoms with Crippen LogP contribution < -0.4 is 0 Å². The lowest BCUT2D eigenvalue weighted by molar-refractivity contribution is -0.132. The third kappa shape index (κ3) is 1.58. The predicted molar refractivity (Wildman–Crippen MR) is 43.2 cm³/mol. The number of carboxylic acids is 1. The fourth-order valence-electron chi connectivity index (χ4n) is 1.06. The third-order valence-electron chi connectivity index (χ3n) is 1.66. The minimum atomic E-state index is -0.845. The lowest BCUT2D eigenvalue weighted by Crippen LogP contribution is -2.04. The van der Waals surface area contributed by atoms with Gasteiger partial charge in [0.05, 0.1) is 5.57 Å². The minimum absolute atomic E-state index is 0.412. The molecule has 0 amide bonds. The summed E-state index contributed by atoms with van der Waals surface area (Å²) in [4.78, 5) is 10.6. The van der Waals surface area contributed by atoms with Gasteiger partial charge in [0.1, 0.15) is 0 Å². The van der Waals surface area contributed by atoms with Gasteiger partial charge in [0.25, 0.3) is 0 Å². The van der Waals surface area contributed by atoms with E-state index in [9.17, 15) is 4.79 Å². The second-order valence-corrected chi connectivity index (χ2v) is 2.33. The first-order chi connectivity index (χ1) is 5.25. The summed E-state index contributed by atoms with van der Waals surface area (Å²) in [5, 5.41) is 8.70. The molecule has 1 N–H and O–H groups in total. The first kappa shape index (κ1) is 7.79. The van der Waals surface area contributed by atoms with Crippen molar-refractivity contribution in [2.45, 2.75) is 13.3 Å². The van der Waals surface area contributed by atoms with Crippen molar-refractivity contribution in [3.05, 3.63) is 35.5 Å². The number of carbonyl (C=O) groups is 1. The maximum Gasteiger partial charge on any atom is 0.335 e. The zero-order chi connectivity index (χ0) is 8.27. The first-order valence-corrected chi connectivity index (χ1v) is 3.51. The van der Waals surface area contributed by atoms with Gasteiger partial charge in [-0.1, -0.05) is 18.2 Å². The lowest BCUT2D eigenvalue weighted by atomic mass is 9.98. The van der Waals surface area contributed by atoms with Crippen LogP contribution in [0.1, 0.15) is 13.3 Å². The summed E-state index contributed by atoms with van der Waals surface area (Å²) in [6.07, 6.45) is 7.91. The summed E-state index contributed by atoms with van der Waals surface area (Å²) in [7, 11) is 0. The van der Waals surface area contributed by atoms with Crippen LogP contribution in [-0.4, -0.2) is 11.1 Å². The smallest absolute Gasteiger partial charge is 0.335 e. The van der Waals surface area contributed by atoms with E-state index in [1.54, 1.807) is 12.2 Å². The quantitative estimate of drug-likeness (QED) is 0.619. The Labute approximate surface area is 65.5 Å². The van der Waals surface area contributed by atoms with E-state index >= 15 is 0 Å². The molecule has 2 heteroatoms. The van der Waals surface area contributed by atoms with Crippen LogP contribution in [0.3, 0.4) is 0 Å². The molecule has 0 unspecified atom stereocenters. The average molecular weight is 150 g/mol. The molecule has 1 rings (SSSR count). The summed E-state index contributed by atoms with van der Waals surface area (Å²) in [5.41, 5.74) is 1.30. The van der Waals surface area contributed by atoms with Gasteiger partial charge in [-0.25, -0.2) is 4.79 Å². The lowest BCUT2D eigenvalue weighted by Gasteiger charge is -2.07. The number of rotatable bonds is 1. The Morgan fingerprint density at radius 3 is 2.91 bits per heavy atom. The molecular formula is C9H10O2. The number of aliphatic carboxylic acids is 1. The van der Waals surface area contributed by atoms with Crippen molar-refractivity contribution in [1.82, 2.24) is 0 Å². The standard InChI is InChI=1S/C9H10O2/c1-2-7-5-3-4-6-8(7)9(10)11/h2-4,6H,5H2,1H3,(H,10,11). The van der Waals surface area contributed by atoms with Crippen molar-refractivity contribution in [1.29, 1.82) is 0 Å². The van der Waals surface area contributed by atoms with E-state index < -0.39 is 5.97 Å². The molecular weight excluding hydrogens is 140 g/mol. The van der Waals surface area contributed by atoms with Crippen molar-refractivity contribution < 1.29 is 9.90 Å². The first-order valence-electron chi connectivity index (χ1n) is 3.51. The van der Waals surface area contributed by atoms with Gasteiger partial charge >= 0.3 is 5.97 Å². The van der Waals surface area contributed by atoms with Gasteiger partial charge in [-0.05, 0) is 25.0 Å². The molecule has 0 aliphatic heterocycles. The molecule has 0 saturated heterocycles. The van der Waals surface area contributed by atoms with Gasteiger partial charge in [-0.3, -0.25) is 0 Å². The molecule has 0 aromatic carbocycles. The number of allylic oxidation sites excluding steroid dienone is 4. The van der Waals surface area contributed by atoms with E-state index in [1.165, 1.54) is 0 Å². The minimum Gasteiger partial charge on any atom is -0.478 e. The van der Waals surface area contributed by atoms with E-state index in [4.69, 9.17) is 5.11 Å². The van der Waals surface area contributed by atoms with Crippen LogP contribution in [0.2, 0.25) is 0 Å². The van der Waals surface area contributed by atoms with Crippen LogP contribution in [0.4, 0.5) is 0 Å².